The number of aromatic amines is 1. The van der Waals surface area contributed by atoms with Crippen LogP contribution in [0.5, 0.6) is 0 Å². The summed E-state index contributed by atoms with van der Waals surface area (Å²) in [5.41, 5.74) is -0.420. The second-order valence-corrected chi connectivity index (χ2v) is 6.40. The number of aryl methyl sites for hydroxylation is 1. The second-order valence-electron chi connectivity index (χ2n) is 6.03. The van der Waals surface area contributed by atoms with E-state index in [0.29, 0.717) is 0 Å². The average Bonchev–Trinajstić information content (AvgIpc) is 2.56. The fourth-order valence-corrected chi connectivity index (χ4v) is 2.77. The molecule has 0 radical (unpaired) electrons. The van der Waals surface area contributed by atoms with E-state index in [0.717, 1.165) is 5.56 Å². The molecule has 3 rings (SSSR count). The Bertz CT molecular complexity index is 1110. The molecule has 2 heterocycles. The highest BCUT2D eigenvalue weighted by atomic mass is 35.5. The summed E-state index contributed by atoms with van der Waals surface area (Å²) < 4.78 is 15.4. The lowest BCUT2D eigenvalue weighted by Crippen LogP contribution is -2.27. The lowest BCUT2D eigenvalue weighted by molar-refractivity contribution is 0.172. The van der Waals surface area contributed by atoms with Crippen LogP contribution in [0.25, 0.3) is 11.0 Å². The van der Waals surface area contributed by atoms with Crippen LogP contribution in [-0.4, -0.2) is 25.7 Å². The van der Waals surface area contributed by atoms with E-state index < -0.39 is 23.0 Å². The number of anilines is 2. The molecule has 3 N–H and O–H groups in total. The van der Waals surface area contributed by atoms with Crippen molar-refractivity contribution in [1.29, 1.82) is 0 Å². The first kappa shape index (κ1) is 18.1. The van der Waals surface area contributed by atoms with E-state index in [9.17, 15) is 19.1 Å². The SMILES string of the molecule is Cc1ccc(Nc2c(Cl)c(=O)[nH]c3ncn(CC(C)O)c(=O)c23)c(F)c1. The van der Waals surface area contributed by atoms with Crippen LogP contribution in [0.2, 0.25) is 5.02 Å². The summed E-state index contributed by atoms with van der Waals surface area (Å²) in [7, 11) is 0. The summed E-state index contributed by atoms with van der Waals surface area (Å²) in [5.74, 6) is -0.553. The van der Waals surface area contributed by atoms with Crippen LogP contribution in [0, 0.1) is 12.7 Å². The van der Waals surface area contributed by atoms with Crippen LogP contribution in [0.3, 0.4) is 0 Å². The van der Waals surface area contributed by atoms with Gasteiger partial charge in [-0.1, -0.05) is 17.7 Å². The Hall–Kier alpha value is -2.71. The predicted octanol–water partition coefficient (Wildman–Crippen LogP) is 2.31. The summed E-state index contributed by atoms with van der Waals surface area (Å²) in [5, 5.41) is 12.0. The average molecular weight is 379 g/mol. The Labute approximate surface area is 152 Å². The maximum atomic E-state index is 14.2. The van der Waals surface area contributed by atoms with Crippen LogP contribution in [-0.2, 0) is 6.54 Å². The van der Waals surface area contributed by atoms with Gasteiger partial charge >= 0.3 is 0 Å². The number of aromatic nitrogens is 3. The van der Waals surface area contributed by atoms with Crippen molar-refractivity contribution in [3.8, 4) is 0 Å². The minimum absolute atomic E-state index is 0.00211. The summed E-state index contributed by atoms with van der Waals surface area (Å²) in [6, 6.07) is 4.48. The molecule has 7 nitrogen and oxygen atoms in total. The standard InChI is InChI=1S/C17H16ClFN4O3/c1-8-3-4-11(10(19)5-8)21-14-12-15(22-16(25)13(14)18)20-7-23(17(12)26)6-9(2)24/h3-5,7,9,24H,6H2,1-2H3,(H2,21,22,25). The number of aliphatic hydroxyl groups is 1. The number of H-pyrrole nitrogens is 1. The van der Waals surface area contributed by atoms with Gasteiger partial charge in [-0.3, -0.25) is 14.2 Å². The monoisotopic (exact) mass is 378 g/mol. The Kier molecular flexibility index (Phi) is 4.80. The first-order valence-electron chi connectivity index (χ1n) is 7.80. The highest BCUT2D eigenvalue weighted by molar-refractivity contribution is 6.34. The molecule has 9 heteroatoms. The molecule has 0 spiro atoms. The van der Waals surface area contributed by atoms with Gasteiger partial charge in [0.1, 0.15) is 21.9 Å². The molecule has 2 aromatic heterocycles. The highest BCUT2D eigenvalue weighted by Crippen LogP contribution is 2.28. The van der Waals surface area contributed by atoms with Crippen molar-refractivity contribution in [2.45, 2.75) is 26.5 Å². The van der Waals surface area contributed by atoms with Gasteiger partial charge in [0.05, 0.1) is 30.4 Å². The zero-order chi connectivity index (χ0) is 19.0. The van der Waals surface area contributed by atoms with Crippen molar-refractivity contribution in [2.75, 3.05) is 5.32 Å². The van der Waals surface area contributed by atoms with Gasteiger partial charge in [0.25, 0.3) is 11.1 Å². The van der Waals surface area contributed by atoms with Gasteiger partial charge in [0, 0.05) is 0 Å². The fourth-order valence-electron chi connectivity index (χ4n) is 2.58. The number of rotatable bonds is 4. The van der Waals surface area contributed by atoms with Crippen molar-refractivity contribution in [1.82, 2.24) is 14.5 Å². The molecule has 26 heavy (non-hydrogen) atoms. The number of aliphatic hydroxyl groups excluding tert-OH is 1. The fraction of sp³-hybridized carbons (Fsp3) is 0.235. The molecule has 0 fully saturated rings. The molecule has 136 valence electrons. The first-order chi connectivity index (χ1) is 12.3. The van der Waals surface area contributed by atoms with Crippen molar-refractivity contribution >= 4 is 34.0 Å². The van der Waals surface area contributed by atoms with Gasteiger partial charge < -0.3 is 15.4 Å². The number of fused-ring (bicyclic) bond motifs is 1. The molecular formula is C17H16ClFN4O3. The van der Waals surface area contributed by atoms with E-state index in [2.05, 4.69) is 15.3 Å². The summed E-state index contributed by atoms with van der Waals surface area (Å²) in [6.45, 7) is 3.27. The van der Waals surface area contributed by atoms with Crippen molar-refractivity contribution < 1.29 is 9.50 Å². The number of hydrogen-bond acceptors (Lipinski definition) is 5. The van der Waals surface area contributed by atoms with E-state index in [1.807, 2.05) is 0 Å². The van der Waals surface area contributed by atoms with Crippen LogP contribution in [0.4, 0.5) is 15.8 Å². The molecular weight excluding hydrogens is 363 g/mol. The minimum Gasteiger partial charge on any atom is -0.392 e. The zero-order valence-electron chi connectivity index (χ0n) is 14.0. The van der Waals surface area contributed by atoms with Gasteiger partial charge in [-0.25, -0.2) is 9.37 Å². The quantitative estimate of drug-likeness (QED) is 0.647. The smallest absolute Gasteiger partial charge is 0.270 e. The number of benzene rings is 1. The Morgan fingerprint density at radius 1 is 1.42 bits per heavy atom. The molecule has 1 unspecified atom stereocenters. The number of halogens is 2. The number of nitrogens with zero attached hydrogens (tertiary/aromatic N) is 2. The third kappa shape index (κ3) is 3.33. The molecule has 3 aromatic rings. The van der Waals surface area contributed by atoms with Crippen LogP contribution >= 0.6 is 11.6 Å². The van der Waals surface area contributed by atoms with E-state index in [-0.39, 0.29) is 34.0 Å². The van der Waals surface area contributed by atoms with Crippen molar-refractivity contribution in [3.63, 3.8) is 0 Å². The van der Waals surface area contributed by atoms with Gasteiger partial charge in [0.2, 0.25) is 0 Å². The Morgan fingerprint density at radius 3 is 2.81 bits per heavy atom. The minimum atomic E-state index is -0.781. The molecule has 1 atom stereocenters. The number of pyridine rings is 1. The number of nitrogens with one attached hydrogen (secondary N) is 2. The predicted molar refractivity (Wildman–Crippen MR) is 97.7 cm³/mol. The molecule has 0 aliphatic heterocycles. The molecule has 0 amide bonds. The van der Waals surface area contributed by atoms with Crippen LogP contribution < -0.4 is 16.4 Å². The molecule has 0 saturated carbocycles. The van der Waals surface area contributed by atoms with E-state index in [1.165, 1.54) is 30.0 Å². The molecule has 0 saturated heterocycles. The maximum absolute atomic E-state index is 14.2. The molecule has 0 aliphatic carbocycles. The maximum Gasteiger partial charge on any atom is 0.270 e. The third-order valence-electron chi connectivity index (χ3n) is 3.78. The Balaban J connectivity index is 2.26. The van der Waals surface area contributed by atoms with Gasteiger partial charge in [0.15, 0.2) is 0 Å². The molecule has 1 aromatic carbocycles. The molecule has 0 bridgehead atoms. The summed E-state index contributed by atoms with van der Waals surface area (Å²) in [6.07, 6.45) is 0.438. The van der Waals surface area contributed by atoms with Gasteiger partial charge in [-0.05, 0) is 31.5 Å². The van der Waals surface area contributed by atoms with Crippen molar-refractivity contribution in [3.05, 3.63) is 61.6 Å². The largest absolute Gasteiger partial charge is 0.392 e. The first-order valence-corrected chi connectivity index (χ1v) is 8.18. The van der Waals surface area contributed by atoms with Gasteiger partial charge in [-0.2, -0.15) is 0 Å². The zero-order valence-corrected chi connectivity index (χ0v) is 14.8. The van der Waals surface area contributed by atoms with E-state index >= 15 is 0 Å². The topological polar surface area (TPSA) is 100 Å². The highest BCUT2D eigenvalue weighted by Gasteiger charge is 2.18. The van der Waals surface area contributed by atoms with Crippen molar-refractivity contribution in [2.24, 2.45) is 0 Å². The summed E-state index contributed by atoms with van der Waals surface area (Å²) >= 11 is 6.08. The lowest BCUT2D eigenvalue weighted by Gasteiger charge is -2.14. The number of hydrogen-bond donors (Lipinski definition) is 3. The lowest BCUT2D eigenvalue weighted by atomic mass is 10.2. The second kappa shape index (κ2) is 6.89. The Morgan fingerprint density at radius 2 is 2.15 bits per heavy atom. The summed E-state index contributed by atoms with van der Waals surface area (Å²) in [4.78, 5) is 31.3. The van der Waals surface area contributed by atoms with Crippen LogP contribution in [0.1, 0.15) is 12.5 Å². The van der Waals surface area contributed by atoms with Crippen LogP contribution in [0.15, 0.2) is 34.1 Å². The van der Waals surface area contributed by atoms with E-state index in [4.69, 9.17) is 11.6 Å². The molecule has 0 aliphatic rings. The van der Waals surface area contributed by atoms with E-state index in [1.54, 1.807) is 13.0 Å². The normalized spacial score (nSPS) is 12.3. The third-order valence-corrected chi connectivity index (χ3v) is 4.14. The van der Waals surface area contributed by atoms with Gasteiger partial charge in [-0.15, -0.1) is 0 Å².